The first-order chi connectivity index (χ1) is 10.6. The third-order valence-corrected chi connectivity index (χ3v) is 3.04. The van der Waals surface area contributed by atoms with E-state index >= 15 is 0 Å². The first-order valence-electron chi connectivity index (χ1n) is 6.97. The van der Waals surface area contributed by atoms with E-state index in [-0.39, 0.29) is 18.1 Å². The topological polar surface area (TPSA) is 47.6 Å². The summed E-state index contributed by atoms with van der Waals surface area (Å²) in [5, 5.41) is 2.66. The molecule has 0 aromatic heterocycles. The largest absolute Gasteiger partial charge is 0.497 e. The standard InChI is InChI=1S/C17H18FNO3/c1-3-22-16-9-6-13(11-15(16)18)19-17(20)10-12-4-7-14(21-2)8-5-12/h4-9,11H,3,10H2,1-2H3,(H,19,20). The molecule has 116 valence electrons. The Morgan fingerprint density at radius 2 is 1.91 bits per heavy atom. The van der Waals surface area contributed by atoms with Crippen LogP contribution >= 0.6 is 0 Å². The van der Waals surface area contributed by atoms with Gasteiger partial charge in [-0.1, -0.05) is 12.1 Å². The summed E-state index contributed by atoms with van der Waals surface area (Å²) in [5.41, 5.74) is 1.25. The summed E-state index contributed by atoms with van der Waals surface area (Å²) in [6.45, 7) is 2.17. The number of carbonyl (C=O) groups excluding carboxylic acids is 1. The third kappa shape index (κ3) is 4.22. The summed E-state index contributed by atoms with van der Waals surface area (Å²) in [6, 6.07) is 11.6. The van der Waals surface area contributed by atoms with Gasteiger partial charge in [-0.05, 0) is 36.8 Å². The van der Waals surface area contributed by atoms with Crippen LogP contribution in [0.25, 0.3) is 0 Å². The molecule has 1 N–H and O–H groups in total. The summed E-state index contributed by atoms with van der Waals surface area (Å²) in [5.74, 6) is 0.200. The minimum Gasteiger partial charge on any atom is -0.497 e. The molecule has 0 aliphatic carbocycles. The molecule has 0 saturated carbocycles. The Kier molecular flexibility index (Phi) is 5.36. The molecule has 22 heavy (non-hydrogen) atoms. The zero-order chi connectivity index (χ0) is 15.9. The molecular weight excluding hydrogens is 285 g/mol. The number of hydrogen-bond donors (Lipinski definition) is 1. The van der Waals surface area contributed by atoms with Crippen LogP contribution < -0.4 is 14.8 Å². The van der Waals surface area contributed by atoms with E-state index in [4.69, 9.17) is 9.47 Å². The maximum Gasteiger partial charge on any atom is 0.228 e. The molecule has 0 aliphatic heterocycles. The maximum atomic E-state index is 13.7. The molecule has 2 aromatic carbocycles. The van der Waals surface area contributed by atoms with Crippen molar-refractivity contribution >= 4 is 11.6 Å². The van der Waals surface area contributed by atoms with Crippen LogP contribution in [0.15, 0.2) is 42.5 Å². The molecule has 0 aliphatic rings. The number of halogens is 1. The van der Waals surface area contributed by atoms with Gasteiger partial charge in [0.05, 0.1) is 20.1 Å². The van der Waals surface area contributed by atoms with E-state index in [9.17, 15) is 9.18 Å². The Balaban J connectivity index is 1.97. The van der Waals surface area contributed by atoms with Crippen LogP contribution in [-0.4, -0.2) is 19.6 Å². The molecule has 0 saturated heterocycles. The van der Waals surface area contributed by atoms with E-state index in [0.29, 0.717) is 12.3 Å². The quantitative estimate of drug-likeness (QED) is 0.889. The van der Waals surface area contributed by atoms with Crippen molar-refractivity contribution in [2.24, 2.45) is 0 Å². The Morgan fingerprint density at radius 1 is 1.18 bits per heavy atom. The molecule has 4 nitrogen and oxygen atoms in total. The van der Waals surface area contributed by atoms with Gasteiger partial charge in [-0.3, -0.25) is 4.79 Å². The highest BCUT2D eigenvalue weighted by Crippen LogP contribution is 2.21. The summed E-state index contributed by atoms with van der Waals surface area (Å²) < 4.78 is 23.9. The molecule has 1 amide bonds. The summed E-state index contributed by atoms with van der Waals surface area (Å²) in [6.07, 6.45) is 0.207. The normalized spacial score (nSPS) is 10.1. The molecule has 0 radical (unpaired) electrons. The highest BCUT2D eigenvalue weighted by molar-refractivity contribution is 5.92. The van der Waals surface area contributed by atoms with Gasteiger partial charge in [-0.2, -0.15) is 0 Å². The highest BCUT2D eigenvalue weighted by atomic mass is 19.1. The predicted octanol–water partition coefficient (Wildman–Crippen LogP) is 3.41. The lowest BCUT2D eigenvalue weighted by Gasteiger charge is -2.09. The van der Waals surface area contributed by atoms with Crippen molar-refractivity contribution < 1.29 is 18.7 Å². The fraction of sp³-hybridized carbons (Fsp3) is 0.235. The van der Waals surface area contributed by atoms with Gasteiger partial charge in [0.2, 0.25) is 5.91 Å². The SMILES string of the molecule is CCOc1ccc(NC(=O)Cc2ccc(OC)cc2)cc1F. The molecule has 5 heteroatoms. The second-order valence-corrected chi connectivity index (χ2v) is 4.65. The van der Waals surface area contributed by atoms with E-state index in [1.807, 2.05) is 12.1 Å². The van der Waals surface area contributed by atoms with Gasteiger partial charge in [0.1, 0.15) is 5.75 Å². The fourth-order valence-corrected chi connectivity index (χ4v) is 1.99. The number of anilines is 1. The van der Waals surface area contributed by atoms with Crippen molar-refractivity contribution in [3.63, 3.8) is 0 Å². The number of hydrogen-bond acceptors (Lipinski definition) is 3. The molecule has 0 atom stereocenters. The molecular formula is C17H18FNO3. The second-order valence-electron chi connectivity index (χ2n) is 4.65. The Bertz CT molecular complexity index is 641. The van der Waals surface area contributed by atoms with Crippen LogP contribution in [-0.2, 0) is 11.2 Å². The molecule has 0 unspecified atom stereocenters. The first-order valence-corrected chi connectivity index (χ1v) is 6.97. The van der Waals surface area contributed by atoms with Gasteiger partial charge < -0.3 is 14.8 Å². The fourth-order valence-electron chi connectivity index (χ4n) is 1.99. The van der Waals surface area contributed by atoms with Crippen LogP contribution in [0.2, 0.25) is 0 Å². The Morgan fingerprint density at radius 3 is 2.50 bits per heavy atom. The van der Waals surface area contributed by atoms with E-state index in [2.05, 4.69) is 5.32 Å². The van der Waals surface area contributed by atoms with Crippen LogP contribution in [0.1, 0.15) is 12.5 Å². The zero-order valence-electron chi connectivity index (χ0n) is 12.6. The number of methoxy groups -OCH3 is 1. The average Bonchev–Trinajstić information content (AvgIpc) is 2.51. The van der Waals surface area contributed by atoms with Crippen molar-refractivity contribution in [1.82, 2.24) is 0 Å². The molecule has 0 bridgehead atoms. The van der Waals surface area contributed by atoms with E-state index in [0.717, 1.165) is 11.3 Å². The molecule has 2 rings (SSSR count). The molecule has 0 fully saturated rings. The third-order valence-electron chi connectivity index (χ3n) is 3.04. The maximum absolute atomic E-state index is 13.7. The minimum absolute atomic E-state index is 0.177. The van der Waals surface area contributed by atoms with Crippen LogP contribution in [0.5, 0.6) is 11.5 Å². The Labute approximate surface area is 128 Å². The number of benzene rings is 2. The van der Waals surface area contributed by atoms with E-state index in [1.165, 1.54) is 12.1 Å². The van der Waals surface area contributed by atoms with Gasteiger partial charge in [0, 0.05) is 11.8 Å². The second kappa shape index (κ2) is 7.45. The van der Waals surface area contributed by atoms with Crippen LogP contribution in [0, 0.1) is 5.82 Å². The molecule has 0 spiro atoms. The smallest absolute Gasteiger partial charge is 0.228 e. The van der Waals surface area contributed by atoms with Crippen molar-refractivity contribution in [1.29, 1.82) is 0 Å². The van der Waals surface area contributed by atoms with E-state index < -0.39 is 5.82 Å². The monoisotopic (exact) mass is 303 g/mol. The lowest BCUT2D eigenvalue weighted by Crippen LogP contribution is -2.14. The van der Waals surface area contributed by atoms with Gasteiger partial charge in [0.25, 0.3) is 0 Å². The van der Waals surface area contributed by atoms with Crippen LogP contribution in [0.4, 0.5) is 10.1 Å². The van der Waals surface area contributed by atoms with Gasteiger partial charge in [0.15, 0.2) is 11.6 Å². The average molecular weight is 303 g/mol. The van der Waals surface area contributed by atoms with Crippen molar-refractivity contribution in [2.45, 2.75) is 13.3 Å². The van der Waals surface area contributed by atoms with Gasteiger partial charge >= 0.3 is 0 Å². The highest BCUT2D eigenvalue weighted by Gasteiger charge is 2.08. The lowest BCUT2D eigenvalue weighted by molar-refractivity contribution is -0.115. The van der Waals surface area contributed by atoms with Gasteiger partial charge in [-0.15, -0.1) is 0 Å². The van der Waals surface area contributed by atoms with Crippen molar-refractivity contribution in [3.8, 4) is 11.5 Å². The summed E-state index contributed by atoms with van der Waals surface area (Å²) in [4.78, 5) is 12.0. The van der Waals surface area contributed by atoms with Gasteiger partial charge in [-0.25, -0.2) is 4.39 Å². The van der Waals surface area contributed by atoms with Crippen LogP contribution in [0.3, 0.4) is 0 Å². The van der Waals surface area contributed by atoms with Crippen molar-refractivity contribution in [2.75, 3.05) is 19.0 Å². The number of ether oxygens (including phenoxy) is 2. The molecule has 0 heterocycles. The first kappa shape index (κ1) is 15.8. The summed E-state index contributed by atoms with van der Waals surface area (Å²) in [7, 11) is 1.59. The lowest BCUT2D eigenvalue weighted by atomic mass is 10.1. The zero-order valence-corrected chi connectivity index (χ0v) is 12.6. The number of carbonyl (C=O) groups is 1. The molecule has 2 aromatic rings. The number of nitrogens with one attached hydrogen (secondary N) is 1. The number of amides is 1. The Hall–Kier alpha value is -2.56. The van der Waals surface area contributed by atoms with Crippen molar-refractivity contribution in [3.05, 3.63) is 53.8 Å². The minimum atomic E-state index is -0.496. The number of rotatable bonds is 6. The summed E-state index contributed by atoms with van der Waals surface area (Å²) >= 11 is 0. The van der Waals surface area contributed by atoms with E-state index in [1.54, 1.807) is 32.2 Å². The predicted molar refractivity (Wildman–Crippen MR) is 82.9 cm³/mol.